The van der Waals surface area contributed by atoms with Crippen LogP contribution >= 0.6 is 12.4 Å². The van der Waals surface area contributed by atoms with E-state index in [4.69, 9.17) is 10.9 Å². The van der Waals surface area contributed by atoms with E-state index in [1.807, 2.05) is 13.8 Å². The van der Waals surface area contributed by atoms with E-state index in [-0.39, 0.29) is 37.3 Å². The number of amides is 1. The molecular weight excluding hydrogens is 280 g/mol. The second kappa shape index (κ2) is 6.67. The van der Waals surface area contributed by atoms with Gasteiger partial charge in [-0.2, -0.15) is 12.7 Å². The van der Waals surface area contributed by atoms with Crippen LogP contribution in [-0.2, 0) is 15.0 Å². The molecule has 1 aliphatic heterocycles. The van der Waals surface area contributed by atoms with Crippen molar-refractivity contribution in [2.24, 2.45) is 16.8 Å². The monoisotopic (exact) mass is 300 g/mol. The van der Waals surface area contributed by atoms with Crippen molar-refractivity contribution < 1.29 is 13.2 Å². The molecule has 0 radical (unpaired) electrons. The molecule has 1 amide bonds. The Labute approximate surface area is 114 Å². The lowest BCUT2D eigenvalue weighted by Gasteiger charge is -2.34. The van der Waals surface area contributed by atoms with Crippen LogP contribution in [0.2, 0.25) is 0 Å². The minimum atomic E-state index is -3.65. The van der Waals surface area contributed by atoms with E-state index in [0.717, 1.165) is 4.31 Å². The molecule has 1 atom stereocenters. The minimum absolute atomic E-state index is 0. The molecule has 1 fully saturated rings. The first-order valence-corrected chi connectivity index (χ1v) is 7.06. The normalized spacial score (nSPS) is 19.5. The van der Waals surface area contributed by atoms with E-state index in [1.54, 1.807) is 4.90 Å². The summed E-state index contributed by atoms with van der Waals surface area (Å²) in [6, 6.07) is -0.531. The Morgan fingerprint density at radius 2 is 1.61 bits per heavy atom. The lowest BCUT2D eigenvalue weighted by Crippen LogP contribution is -2.56. The number of halogens is 1. The van der Waals surface area contributed by atoms with Crippen LogP contribution in [0.3, 0.4) is 0 Å². The van der Waals surface area contributed by atoms with Gasteiger partial charge in [-0.05, 0) is 5.92 Å². The number of rotatable bonds is 3. The average Bonchev–Trinajstić information content (AvgIpc) is 2.26. The highest BCUT2D eigenvalue weighted by Crippen LogP contribution is 2.08. The van der Waals surface area contributed by atoms with E-state index in [0.29, 0.717) is 13.1 Å². The number of carbonyl (C=O) groups excluding carboxylic acids is 1. The van der Waals surface area contributed by atoms with E-state index in [9.17, 15) is 13.2 Å². The van der Waals surface area contributed by atoms with Gasteiger partial charge >= 0.3 is 0 Å². The van der Waals surface area contributed by atoms with Gasteiger partial charge in [-0.1, -0.05) is 13.8 Å². The molecule has 9 heteroatoms. The smallest absolute Gasteiger partial charge is 0.277 e. The zero-order valence-corrected chi connectivity index (χ0v) is 12.2. The van der Waals surface area contributed by atoms with Crippen molar-refractivity contribution in [3.63, 3.8) is 0 Å². The number of carbonyl (C=O) groups is 1. The number of hydrogen-bond acceptors (Lipinski definition) is 4. The maximum atomic E-state index is 11.9. The number of piperazine rings is 1. The van der Waals surface area contributed by atoms with Crippen LogP contribution in [0.15, 0.2) is 0 Å². The molecule has 0 spiro atoms. The van der Waals surface area contributed by atoms with Crippen molar-refractivity contribution in [2.75, 3.05) is 26.2 Å². The summed E-state index contributed by atoms with van der Waals surface area (Å²) in [6.07, 6.45) is 0. The van der Waals surface area contributed by atoms with Crippen LogP contribution in [-0.4, -0.2) is 55.8 Å². The number of nitrogens with two attached hydrogens (primary N) is 2. The molecule has 108 valence electrons. The second-order valence-electron chi connectivity index (χ2n) is 4.54. The zero-order chi connectivity index (χ0) is 13.2. The quantitative estimate of drug-likeness (QED) is 0.678. The molecule has 1 saturated heterocycles. The number of nitrogens with zero attached hydrogens (tertiary/aromatic N) is 2. The molecule has 4 N–H and O–H groups in total. The van der Waals surface area contributed by atoms with Gasteiger partial charge in [-0.15, -0.1) is 12.4 Å². The van der Waals surface area contributed by atoms with Crippen LogP contribution in [0.1, 0.15) is 13.8 Å². The van der Waals surface area contributed by atoms with Gasteiger partial charge in [0, 0.05) is 26.2 Å². The summed E-state index contributed by atoms with van der Waals surface area (Å²) in [6.45, 7) is 4.91. The van der Waals surface area contributed by atoms with E-state index in [1.165, 1.54) is 0 Å². The van der Waals surface area contributed by atoms with Gasteiger partial charge in [-0.25, -0.2) is 5.14 Å². The summed E-state index contributed by atoms with van der Waals surface area (Å²) in [4.78, 5) is 13.5. The highest BCUT2D eigenvalue weighted by molar-refractivity contribution is 7.86. The summed E-state index contributed by atoms with van der Waals surface area (Å²) < 4.78 is 23.3. The molecule has 18 heavy (non-hydrogen) atoms. The molecule has 0 aromatic rings. The summed E-state index contributed by atoms with van der Waals surface area (Å²) in [5, 5.41) is 5.01. The predicted molar refractivity (Wildman–Crippen MR) is 71.3 cm³/mol. The molecule has 1 heterocycles. The summed E-state index contributed by atoms with van der Waals surface area (Å²) >= 11 is 0. The first kappa shape index (κ1) is 17.6. The summed E-state index contributed by atoms with van der Waals surface area (Å²) in [5.74, 6) is -0.0622. The Balaban J connectivity index is 0.00000289. The molecule has 0 saturated carbocycles. The van der Waals surface area contributed by atoms with Gasteiger partial charge in [0.05, 0.1) is 6.04 Å². The van der Waals surface area contributed by atoms with Crippen molar-refractivity contribution in [3.8, 4) is 0 Å². The molecule has 7 nitrogen and oxygen atoms in total. The maximum absolute atomic E-state index is 11.9. The molecule has 0 bridgehead atoms. The molecule has 1 aliphatic rings. The first-order valence-electron chi connectivity index (χ1n) is 5.55. The second-order valence-corrected chi connectivity index (χ2v) is 6.09. The van der Waals surface area contributed by atoms with Crippen molar-refractivity contribution in [2.45, 2.75) is 19.9 Å². The van der Waals surface area contributed by atoms with Gasteiger partial charge < -0.3 is 10.6 Å². The van der Waals surface area contributed by atoms with Crippen LogP contribution in [0.4, 0.5) is 0 Å². The fourth-order valence-electron chi connectivity index (χ4n) is 1.66. The van der Waals surface area contributed by atoms with Crippen LogP contribution < -0.4 is 10.9 Å². The molecule has 0 aromatic carbocycles. The zero-order valence-electron chi connectivity index (χ0n) is 10.6. The van der Waals surface area contributed by atoms with E-state index < -0.39 is 16.3 Å². The van der Waals surface area contributed by atoms with Crippen molar-refractivity contribution in [3.05, 3.63) is 0 Å². The lowest BCUT2D eigenvalue weighted by molar-refractivity contribution is -0.134. The third-order valence-electron chi connectivity index (χ3n) is 2.91. The standard InChI is InChI=1S/C9H20N4O3S.ClH/c1-7(2)8(10)9(14)12-3-5-13(6-4-12)17(11,15)16;/h7-8H,3-6,10H2,1-2H3,(H2,11,15,16);1H/t8-;/m1./s1. The molecule has 0 unspecified atom stereocenters. The van der Waals surface area contributed by atoms with Gasteiger partial charge in [0.1, 0.15) is 0 Å². The van der Waals surface area contributed by atoms with E-state index in [2.05, 4.69) is 0 Å². The highest BCUT2D eigenvalue weighted by Gasteiger charge is 2.29. The topological polar surface area (TPSA) is 110 Å². The molecule has 0 aromatic heterocycles. The van der Waals surface area contributed by atoms with Crippen LogP contribution in [0.5, 0.6) is 0 Å². The third kappa shape index (κ3) is 4.36. The first-order chi connectivity index (χ1) is 7.73. The highest BCUT2D eigenvalue weighted by atomic mass is 35.5. The Morgan fingerprint density at radius 3 is 1.94 bits per heavy atom. The minimum Gasteiger partial charge on any atom is -0.339 e. The summed E-state index contributed by atoms with van der Waals surface area (Å²) in [7, 11) is -3.65. The average molecular weight is 301 g/mol. The lowest BCUT2D eigenvalue weighted by atomic mass is 10.0. The molecule has 1 rings (SSSR count). The van der Waals surface area contributed by atoms with Crippen LogP contribution in [0.25, 0.3) is 0 Å². The summed E-state index contributed by atoms with van der Waals surface area (Å²) in [5.41, 5.74) is 5.76. The largest absolute Gasteiger partial charge is 0.339 e. The number of hydrogen-bond donors (Lipinski definition) is 2. The van der Waals surface area contributed by atoms with Gasteiger partial charge in [0.25, 0.3) is 10.2 Å². The van der Waals surface area contributed by atoms with Gasteiger partial charge in [0.15, 0.2) is 0 Å². The Bertz CT molecular complexity index is 379. The predicted octanol–water partition coefficient (Wildman–Crippen LogP) is -1.26. The third-order valence-corrected chi connectivity index (χ3v) is 4.00. The Kier molecular flexibility index (Phi) is 6.52. The fraction of sp³-hybridized carbons (Fsp3) is 0.889. The van der Waals surface area contributed by atoms with Gasteiger partial charge in [-0.3, -0.25) is 4.79 Å². The maximum Gasteiger partial charge on any atom is 0.277 e. The van der Waals surface area contributed by atoms with E-state index >= 15 is 0 Å². The fourth-order valence-corrected chi connectivity index (χ4v) is 2.33. The van der Waals surface area contributed by atoms with Crippen molar-refractivity contribution >= 4 is 28.5 Å². The molecular formula is C9H21ClN4O3S. The Morgan fingerprint density at radius 1 is 1.17 bits per heavy atom. The van der Waals surface area contributed by atoms with Gasteiger partial charge in [0.2, 0.25) is 5.91 Å². The Hall–Kier alpha value is -0.410. The van der Waals surface area contributed by atoms with Crippen molar-refractivity contribution in [1.29, 1.82) is 0 Å². The molecule has 0 aliphatic carbocycles. The SMILES string of the molecule is CC(C)[C@@H](N)C(=O)N1CCN(S(N)(=O)=O)CC1.Cl. The van der Waals surface area contributed by atoms with Crippen LogP contribution in [0, 0.1) is 5.92 Å². The van der Waals surface area contributed by atoms with Crippen molar-refractivity contribution in [1.82, 2.24) is 9.21 Å².